The lowest BCUT2D eigenvalue weighted by atomic mass is 10.2. The van der Waals surface area contributed by atoms with Crippen LogP contribution in [0.2, 0.25) is 10.0 Å². The Hall–Kier alpha value is -1.30. The first-order chi connectivity index (χ1) is 10.3. The Balaban J connectivity index is 2.64. The molecule has 0 atom stereocenters. The van der Waals surface area contributed by atoms with E-state index in [4.69, 9.17) is 28.3 Å². The average Bonchev–Trinajstić information content (AvgIpc) is 2.36. The van der Waals surface area contributed by atoms with Crippen molar-refractivity contribution in [3.8, 4) is 0 Å². The Morgan fingerprint density at radius 3 is 2.23 bits per heavy atom. The predicted octanol–water partition coefficient (Wildman–Crippen LogP) is 2.75. The first kappa shape index (κ1) is 18.7. The van der Waals surface area contributed by atoms with Crippen molar-refractivity contribution in [1.29, 1.82) is 0 Å². The van der Waals surface area contributed by atoms with Gasteiger partial charge in [-0.3, -0.25) is 14.5 Å². The fraction of sp³-hybridized carbons (Fsp3) is 0.467. The minimum Gasteiger partial charge on any atom is -0.480 e. The third-order valence-electron chi connectivity index (χ3n) is 3.03. The van der Waals surface area contributed by atoms with Gasteiger partial charge in [-0.15, -0.1) is 0 Å². The van der Waals surface area contributed by atoms with Gasteiger partial charge in [0.25, 0.3) is 0 Å². The Morgan fingerprint density at radius 1 is 1.14 bits per heavy atom. The van der Waals surface area contributed by atoms with E-state index in [0.717, 1.165) is 12.0 Å². The van der Waals surface area contributed by atoms with Crippen molar-refractivity contribution in [2.24, 2.45) is 0 Å². The molecule has 0 aromatic heterocycles. The third-order valence-corrected chi connectivity index (χ3v) is 3.46. The summed E-state index contributed by atoms with van der Waals surface area (Å²) >= 11 is 11.9. The molecule has 0 aliphatic heterocycles. The molecule has 1 aromatic carbocycles. The molecule has 1 amide bonds. The van der Waals surface area contributed by atoms with Gasteiger partial charge >= 0.3 is 5.97 Å². The highest BCUT2D eigenvalue weighted by molar-refractivity contribution is 6.34. The van der Waals surface area contributed by atoms with Crippen molar-refractivity contribution in [3.05, 3.63) is 33.8 Å². The maximum atomic E-state index is 12.2. The van der Waals surface area contributed by atoms with Gasteiger partial charge in [0.2, 0.25) is 5.91 Å². The van der Waals surface area contributed by atoms with Crippen LogP contribution in [0.3, 0.4) is 0 Å². The molecule has 0 radical (unpaired) electrons. The van der Waals surface area contributed by atoms with E-state index in [-0.39, 0.29) is 19.0 Å². The molecule has 0 saturated heterocycles. The molecular weight excluding hydrogens is 327 g/mol. The van der Waals surface area contributed by atoms with Gasteiger partial charge in [0.05, 0.1) is 13.1 Å². The van der Waals surface area contributed by atoms with Crippen molar-refractivity contribution in [1.82, 2.24) is 9.80 Å². The highest BCUT2D eigenvalue weighted by atomic mass is 35.5. The predicted molar refractivity (Wildman–Crippen MR) is 87.3 cm³/mol. The molecule has 5 nitrogen and oxygen atoms in total. The summed E-state index contributed by atoms with van der Waals surface area (Å²) in [6.45, 7) is 2.80. The van der Waals surface area contributed by atoms with Crippen molar-refractivity contribution < 1.29 is 14.7 Å². The molecule has 122 valence electrons. The standard InChI is InChI=1S/C15H20Cl2N2O3/c1-3-4-19(10-15(21)22)9-14(20)18(2)8-11-5-12(16)7-13(17)6-11/h5-7H,3-4,8-10H2,1-2H3,(H,21,22). The average molecular weight is 347 g/mol. The van der Waals surface area contributed by atoms with E-state index in [2.05, 4.69) is 0 Å². The number of rotatable bonds is 8. The van der Waals surface area contributed by atoms with Gasteiger partial charge in [-0.1, -0.05) is 30.1 Å². The molecular formula is C15H20Cl2N2O3. The zero-order valence-electron chi connectivity index (χ0n) is 12.7. The molecule has 1 aromatic rings. The van der Waals surface area contributed by atoms with Crippen LogP contribution >= 0.6 is 23.2 Å². The van der Waals surface area contributed by atoms with E-state index in [9.17, 15) is 9.59 Å². The Bertz CT molecular complexity index is 517. The Morgan fingerprint density at radius 2 is 1.73 bits per heavy atom. The second-order valence-corrected chi connectivity index (χ2v) is 6.00. The van der Waals surface area contributed by atoms with Gasteiger partial charge in [-0.2, -0.15) is 0 Å². The minimum absolute atomic E-state index is 0.0743. The monoisotopic (exact) mass is 346 g/mol. The van der Waals surface area contributed by atoms with Crippen LogP contribution in [0.4, 0.5) is 0 Å². The van der Waals surface area contributed by atoms with Crippen molar-refractivity contribution in [2.75, 3.05) is 26.7 Å². The van der Waals surface area contributed by atoms with E-state index >= 15 is 0 Å². The van der Waals surface area contributed by atoms with Gasteiger partial charge in [-0.25, -0.2) is 0 Å². The van der Waals surface area contributed by atoms with Gasteiger partial charge in [-0.05, 0) is 36.7 Å². The Labute approximate surface area is 140 Å². The van der Waals surface area contributed by atoms with Gasteiger partial charge in [0.15, 0.2) is 0 Å². The molecule has 0 bridgehead atoms. The number of nitrogens with zero attached hydrogens (tertiary/aromatic N) is 2. The van der Waals surface area contributed by atoms with Crippen LogP contribution in [0.1, 0.15) is 18.9 Å². The zero-order chi connectivity index (χ0) is 16.7. The van der Waals surface area contributed by atoms with E-state index in [1.165, 1.54) is 4.90 Å². The second kappa shape index (κ2) is 8.98. The number of benzene rings is 1. The van der Waals surface area contributed by atoms with Crippen LogP contribution in [-0.2, 0) is 16.1 Å². The summed E-state index contributed by atoms with van der Waals surface area (Å²) in [5.74, 6) is -1.09. The largest absolute Gasteiger partial charge is 0.480 e. The van der Waals surface area contributed by atoms with Crippen LogP contribution in [0.25, 0.3) is 0 Å². The fourth-order valence-electron chi connectivity index (χ4n) is 2.10. The summed E-state index contributed by atoms with van der Waals surface area (Å²) in [5, 5.41) is 9.89. The number of likely N-dealkylation sites (N-methyl/N-ethyl adjacent to an activating group) is 1. The number of carbonyl (C=O) groups excluding carboxylic acids is 1. The molecule has 0 aliphatic carbocycles. The highest BCUT2D eigenvalue weighted by Crippen LogP contribution is 2.20. The fourth-order valence-corrected chi connectivity index (χ4v) is 2.67. The molecule has 0 unspecified atom stereocenters. The highest BCUT2D eigenvalue weighted by Gasteiger charge is 2.16. The van der Waals surface area contributed by atoms with E-state index in [1.807, 2.05) is 6.92 Å². The lowest BCUT2D eigenvalue weighted by Crippen LogP contribution is -2.40. The number of hydrogen-bond acceptors (Lipinski definition) is 3. The van der Waals surface area contributed by atoms with Crippen LogP contribution < -0.4 is 0 Å². The van der Waals surface area contributed by atoms with E-state index in [1.54, 1.807) is 30.1 Å². The molecule has 7 heteroatoms. The zero-order valence-corrected chi connectivity index (χ0v) is 14.2. The number of hydrogen-bond donors (Lipinski definition) is 1. The number of amides is 1. The second-order valence-electron chi connectivity index (χ2n) is 5.13. The molecule has 1 N–H and O–H groups in total. The molecule has 1 rings (SSSR count). The summed E-state index contributed by atoms with van der Waals surface area (Å²) in [5.41, 5.74) is 0.827. The molecule has 0 heterocycles. The maximum Gasteiger partial charge on any atom is 0.317 e. The Kier molecular flexibility index (Phi) is 7.65. The van der Waals surface area contributed by atoms with Crippen molar-refractivity contribution in [3.63, 3.8) is 0 Å². The summed E-state index contributed by atoms with van der Waals surface area (Å²) in [7, 11) is 1.67. The van der Waals surface area contributed by atoms with Crippen molar-refractivity contribution in [2.45, 2.75) is 19.9 Å². The molecule has 0 fully saturated rings. The van der Waals surface area contributed by atoms with Gasteiger partial charge in [0.1, 0.15) is 0 Å². The summed E-state index contributed by atoms with van der Waals surface area (Å²) < 4.78 is 0. The number of halogens is 2. The quantitative estimate of drug-likeness (QED) is 0.786. The minimum atomic E-state index is -0.939. The van der Waals surface area contributed by atoms with Crippen LogP contribution in [-0.4, -0.2) is 53.5 Å². The summed E-state index contributed by atoms with van der Waals surface area (Å²) in [4.78, 5) is 26.2. The smallest absolute Gasteiger partial charge is 0.317 e. The first-order valence-electron chi connectivity index (χ1n) is 6.95. The topological polar surface area (TPSA) is 60.9 Å². The molecule has 0 saturated carbocycles. The number of carboxylic acid groups (broad SMARTS) is 1. The lowest BCUT2D eigenvalue weighted by Gasteiger charge is -2.23. The summed E-state index contributed by atoms with van der Waals surface area (Å²) in [6.07, 6.45) is 0.786. The summed E-state index contributed by atoms with van der Waals surface area (Å²) in [6, 6.07) is 5.13. The normalized spacial score (nSPS) is 10.8. The van der Waals surface area contributed by atoms with Crippen LogP contribution in [0.5, 0.6) is 0 Å². The molecule has 0 aliphatic rings. The van der Waals surface area contributed by atoms with Crippen LogP contribution in [0.15, 0.2) is 18.2 Å². The van der Waals surface area contributed by atoms with E-state index < -0.39 is 5.97 Å². The number of aliphatic carboxylic acids is 1. The maximum absolute atomic E-state index is 12.2. The number of carbonyl (C=O) groups is 2. The first-order valence-corrected chi connectivity index (χ1v) is 7.70. The molecule has 22 heavy (non-hydrogen) atoms. The van der Waals surface area contributed by atoms with E-state index in [0.29, 0.717) is 23.1 Å². The van der Waals surface area contributed by atoms with Gasteiger partial charge < -0.3 is 10.0 Å². The third kappa shape index (κ3) is 6.64. The molecule has 0 spiro atoms. The van der Waals surface area contributed by atoms with Crippen molar-refractivity contribution >= 4 is 35.1 Å². The van der Waals surface area contributed by atoms with Crippen LogP contribution in [0, 0.1) is 0 Å². The lowest BCUT2D eigenvalue weighted by molar-refractivity contribution is -0.139. The number of carboxylic acids is 1. The SMILES string of the molecule is CCCN(CC(=O)O)CC(=O)N(C)Cc1cc(Cl)cc(Cl)c1. The van der Waals surface area contributed by atoms with Gasteiger partial charge in [0, 0.05) is 23.6 Å².